The second kappa shape index (κ2) is 8.77. The first-order chi connectivity index (χ1) is 9.74. The summed E-state index contributed by atoms with van der Waals surface area (Å²) in [4.78, 5) is 16.2. The zero-order valence-electron chi connectivity index (χ0n) is 11.9. The Balaban J connectivity index is 0.00000220. The number of halogens is 1. The largest absolute Gasteiger partial charge is 0.350 e. The van der Waals surface area contributed by atoms with Gasteiger partial charge in [0.05, 0.1) is 0 Å². The van der Waals surface area contributed by atoms with Crippen molar-refractivity contribution in [2.45, 2.75) is 25.8 Å². The van der Waals surface area contributed by atoms with E-state index in [2.05, 4.69) is 29.4 Å². The third-order valence-corrected chi connectivity index (χ3v) is 4.10. The Morgan fingerprint density at radius 3 is 2.67 bits per heavy atom. The first kappa shape index (κ1) is 17.6. The molecule has 1 aromatic carbocycles. The molecule has 1 atom stereocenters. The highest BCUT2D eigenvalue weighted by molar-refractivity contribution is 7.09. The molecule has 0 aliphatic rings. The number of hydrogen-bond acceptors (Lipinski definition) is 4. The highest BCUT2D eigenvalue weighted by Crippen LogP contribution is 2.18. The highest BCUT2D eigenvalue weighted by Gasteiger charge is 2.13. The van der Waals surface area contributed by atoms with E-state index in [9.17, 15) is 4.79 Å². The molecule has 0 bridgehead atoms. The fourth-order valence-corrected chi connectivity index (χ4v) is 2.69. The SMILES string of the molecule is CCC(CNC(=O)c1csc(CN)n1)c1ccccc1.Cl. The van der Waals surface area contributed by atoms with Gasteiger partial charge in [-0.25, -0.2) is 4.98 Å². The van der Waals surface area contributed by atoms with Crippen molar-refractivity contribution in [1.82, 2.24) is 10.3 Å². The highest BCUT2D eigenvalue weighted by atomic mass is 35.5. The lowest BCUT2D eigenvalue weighted by Crippen LogP contribution is -2.28. The van der Waals surface area contributed by atoms with Gasteiger partial charge in [0, 0.05) is 24.4 Å². The molecule has 3 N–H and O–H groups in total. The van der Waals surface area contributed by atoms with Gasteiger partial charge in [-0.05, 0) is 12.0 Å². The van der Waals surface area contributed by atoms with Gasteiger partial charge in [-0.15, -0.1) is 23.7 Å². The minimum Gasteiger partial charge on any atom is -0.350 e. The number of amides is 1. The number of nitrogens with two attached hydrogens (primary N) is 1. The normalized spacial score (nSPS) is 11.5. The molecular weight excluding hydrogens is 306 g/mol. The number of benzene rings is 1. The van der Waals surface area contributed by atoms with E-state index in [0.29, 0.717) is 24.7 Å². The molecule has 0 saturated carbocycles. The van der Waals surface area contributed by atoms with Gasteiger partial charge < -0.3 is 11.1 Å². The molecule has 1 aromatic heterocycles. The minimum atomic E-state index is -0.129. The summed E-state index contributed by atoms with van der Waals surface area (Å²) in [5.74, 6) is 0.197. The van der Waals surface area contributed by atoms with Gasteiger partial charge in [0.1, 0.15) is 10.7 Å². The van der Waals surface area contributed by atoms with Crippen molar-refractivity contribution in [2.75, 3.05) is 6.54 Å². The number of nitrogens with zero attached hydrogens (tertiary/aromatic N) is 1. The van der Waals surface area contributed by atoms with Crippen LogP contribution in [-0.2, 0) is 6.54 Å². The zero-order valence-corrected chi connectivity index (χ0v) is 13.5. The molecule has 0 fully saturated rings. The fourth-order valence-electron chi connectivity index (χ4n) is 2.04. The van der Waals surface area contributed by atoms with Gasteiger partial charge in [-0.3, -0.25) is 4.79 Å². The summed E-state index contributed by atoms with van der Waals surface area (Å²) in [6, 6.07) is 10.2. The third kappa shape index (κ3) is 4.81. The molecule has 0 spiro atoms. The van der Waals surface area contributed by atoms with E-state index in [1.165, 1.54) is 16.9 Å². The van der Waals surface area contributed by atoms with E-state index in [1.54, 1.807) is 5.38 Å². The Morgan fingerprint density at radius 1 is 1.38 bits per heavy atom. The van der Waals surface area contributed by atoms with E-state index in [4.69, 9.17) is 5.73 Å². The number of nitrogens with one attached hydrogen (secondary N) is 1. The van der Waals surface area contributed by atoms with Gasteiger partial charge in [-0.2, -0.15) is 0 Å². The minimum absolute atomic E-state index is 0. The average molecular weight is 326 g/mol. The van der Waals surface area contributed by atoms with Crippen LogP contribution in [0.4, 0.5) is 0 Å². The van der Waals surface area contributed by atoms with Crippen molar-refractivity contribution in [2.24, 2.45) is 5.73 Å². The molecule has 0 aliphatic carbocycles. The summed E-state index contributed by atoms with van der Waals surface area (Å²) in [6.45, 7) is 3.12. The number of thiazole rings is 1. The van der Waals surface area contributed by atoms with Crippen LogP contribution in [0.1, 0.15) is 40.3 Å². The van der Waals surface area contributed by atoms with Crippen LogP contribution in [-0.4, -0.2) is 17.4 Å². The number of hydrogen-bond donors (Lipinski definition) is 2. The number of carbonyl (C=O) groups excluding carboxylic acids is 1. The molecule has 1 heterocycles. The summed E-state index contributed by atoms with van der Waals surface area (Å²) >= 11 is 1.42. The Kier molecular flexibility index (Phi) is 7.36. The maximum absolute atomic E-state index is 12.0. The first-order valence-electron chi connectivity index (χ1n) is 6.72. The van der Waals surface area contributed by atoms with E-state index in [1.807, 2.05) is 18.2 Å². The molecule has 2 rings (SSSR count). The molecule has 6 heteroatoms. The second-order valence-electron chi connectivity index (χ2n) is 4.56. The van der Waals surface area contributed by atoms with Crippen molar-refractivity contribution < 1.29 is 4.79 Å². The van der Waals surface area contributed by atoms with E-state index < -0.39 is 0 Å². The van der Waals surface area contributed by atoms with Crippen molar-refractivity contribution in [3.05, 3.63) is 52.0 Å². The smallest absolute Gasteiger partial charge is 0.270 e. The summed E-state index contributed by atoms with van der Waals surface area (Å²) in [6.07, 6.45) is 0.982. The molecule has 114 valence electrons. The van der Waals surface area contributed by atoms with Crippen LogP contribution in [0.3, 0.4) is 0 Å². The number of aromatic nitrogens is 1. The van der Waals surface area contributed by atoms with Gasteiger partial charge in [-0.1, -0.05) is 37.3 Å². The monoisotopic (exact) mass is 325 g/mol. The molecule has 0 saturated heterocycles. The van der Waals surface area contributed by atoms with E-state index >= 15 is 0 Å². The Bertz CT molecular complexity index is 559. The van der Waals surface area contributed by atoms with Crippen LogP contribution in [0.2, 0.25) is 0 Å². The first-order valence-corrected chi connectivity index (χ1v) is 7.60. The second-order valence-corrected chi connectivity index (χ2v) is 5.50. The van der Waals surface area contributed by atoms with Gasteiger partial charge in [0.15, 0.2) is 0 Å². The molecule has 2 aromatic rings. The molecule has 4 nitrogen and oxygen atoms in total. The van der Waals surface area contributed by atoms with Crippen LogP contribution in [0.5, 0.6) is 0 Å². The molecule has 1 unspecified atom stereocenters. The standard InChI is InChI=1S/C15H19N3OS.ClH/c1-2-11(12-6-4-3-5-7-12)9-17-15(19)13-10-20-14(8-16)18-13;/h3-7,10-11H,2,8-9,16H2,1H3,(H,17,19);1H. The van der Waals surface area contributed by atoms with Crippen LogP contribution in [0.25, 0.3) is 0 Å². The van der Waals surface area contributed by atoms with Gasteiger partial charge >= 0.3 is 0 Å². The lowest BCUT2D eigenvalue weighted by Gasteiger charge is -2.15. The maximum Gasteiger partial charge on any atom is 0.270 e. The molecule has 21 heavy (non-hydrogen) atoms. The summed E-state index contributed by atoms with van der Waals surface area (Å²) in [7, 11) is 0. The molecule has 0 radical (unpaired) electrons. The fraction of sp³-hybridized carbons (Fsp3) is 0.333. The molecule has 0 aliphatic heterocycles. The van der Waals surface area contributed by atoms with Gasteiger partial charge in [0.2, 0.25) is 0 Å². The van der Waals surface area contributed by atoms with Crippen LogP contribution in [0, 0.1) is 0 Å². The predicted octanol–water partition coefficient (Wildman–Crippen LogP) is 2.95. The summed E-state index contributed by atoms with van der Waals surface area (Å²) in [5, 5.41) is 5.48. The lowest BCUT2D eigenvalue weighted by molar-refractivity contribution is 0.0946. The average Bonchev–Trinajstić information content (AvgIpc) is 2.98. The van der Waals surface area contributed by atoms with Crippen LogP contribution < -0.4 is 11.1 Å². The van der Waals surface area contributed by atoms with Crippen molar-refractivity contribution in [3.63, 3.8) is 0 Å². The van der Waals surface area contributed by atoms with Crippen LogP contribution >= 0.6 is 23.7 Å². The molecule has 1 amide bonds. The topological polar surface area (TPSA) is 68.0 Å². The predicted molar refractivity (Wildman–Crippen MR) is 89.1 cm³/mol. The van der Waals surface area contributed by atoms with Crippen molar-refractivity contribution >= 4 is 29.7 Å². The summed E-state index contributed by atoms with van der Waals surface area (Å²) < 4.78 is 0. The van der Waals surface area contributed by atoms with Crippen molar-refractivity contribution in [1.29, 1.82) is 0 Å². The Morgan fingerprint density at radius 2 is 2.10 bits per heavy atom. The Labute approximate surface area is 135 Å². The Hall–Kier alpha value is -1.43. The number of carbonyl (C=O) groups is 1. The quantitative estimate of drug-likeness (QED) is 0.858. The zero-order chi connectivity index (χ0) is 14.4. The van der Waals surface area contributed by atoms with E-state index in [-0.39, 0.29) is 18.3 Å². The van der Waals surface area contributed by atoms with Crippen molar-refractivity contribution in [3.8, 4) is 0 Å². The van der Waals surface area contributed by atoms with Crippen LogP contribution in [0.15, 0.2) is 35.7 Å². The third-order valence-electron chi connectivity index (χ3n) is 3.23. The summed E-state index contributed by atoms with van der Waals surface area (Å²) in [5.41, 5.74) is 7.20. The lowest BCUT2D eigenvalue weighted by atomic mass is 9.96. The van der Waals surface area contributed by atoms with Gasteiger partial charge in [0.25, 0.3) is 5.91 Å². The van der Waals surface area contributed by atoms with E-state index in [0.717, 1.165) is 11.4 Å². The maximum atomic E-state index is 12.0. The molecular formula is C15H20ClN3OS. The number of rotatable bonds is 6.